The van der Waals surface area contributed by atoms with Gasteiger partial charge >= 0.3 is 5.97 Å². The first-order valence-corrected chi connectivity index (χ1v) is 14.5. The van der Waals surface area contributed by atoms with Crippen LogP contribution in [0.15, 0.2) is 40.3 Å². The van der Waals surface area contributed by atoms with Crippen LogP contribution in [0.25, 0.3) is 0 Å². The molecule has 0 saturated carbocycles. The molecule has 0 aromatic heterocycles. The minimum absolute atomic E-state index is 0.0346. The maximum Gasteiger partial charge on any atom is 0.326 e. The lowest BCUT2D eigenvalue weighted by Gasteiger charge is -2.24. The Morgan fingerprint density at radius 1 is 0.705 bits per heavy atom. The van der Waals surface area contributed by atoms with Crippen molar-refractivity contribution in [1.29, 1.82) is 0 Å². The first-order valence-electron chi connectivity index (χ1n) is 14.5. The second kappa shape index (κ2) is 20.1. The van der Waals surface area contributed by atoms with E-state index in [1.807, 2.05) is 6.92 Å². The highest BCUT2D eigenvalue weighted by Gasteiger charge is 2.29. The fourth-order valence-corrected chi connectivity index (χ4v) is 3.99. The van der Waals surface area contributed by atoms with Crippen molar-refractivity contribution in [3.8, 4) is 0 Å². The summed E-state index contributed by atoms with van der Waals surface area (Å²) in [5.74, 6) is -3.98. The Morgan fingerprint density at radius 3 is 1.70 bits per heavy atom. The van der Waals surface area contributed by atoms with Crippen molar-refractivity contribution in [3.05, 3.63) is 35.9 Å². The molecule has 0 saturated heterocycles. The number of carbonyl (C=O) groups is 5. The van der Waals surface area contributed by atoms with Crippen LogP contribution < -0.4 is 44.2 Å². The second-order valence-corrected chi connectivity index (χ2v) is 10.1. The van der Waals surface area contributed by atoms with Gasteiger partial charge in [0.05, 0.1) is 0 Å². The highest BCUT2D eigenvalue weighted by atomic mass is 16.4. The number of guanidine groups is 2. The zero-order chi connectivity index (χ0) is 33.1. The number of rotatable bonds is 20. The van der Waals surface area contributed by atoms with Gasteiger partial charge in [-0.15, -0.1) is 0 Å². The number of carbonyl (C=O) groups excluding carboxylic acids is 4. The minimum atomic E-state index is -1.27. The van der Waals surface area contributed by atoms with Crippen LogP contribution in [0, 0.1) is 0 Å². The SMILES string of the molecule is CCCC[C@H](NC(=O)c1ccccc1)C(=O)N[C@@H](C)C(=O)N[C@@H](CCCN=C(N)N)C(=O)N[C@@H](CCCN=C(N)N)C(=O)O. The van der Waals surface area contributed by atoms with Crippen LogP contribution in [0.2, 0.25) is 0 Å². The smallest absolute Gasteiger partial charge is 0.326 e. The van der Waals surface area contributed by atoms with E-state index in [-0.39, 0.29) is 50.7 Å². The minimum Gasteiger partial charge on any atom is -0.480 e. The van der Waals surface area contributed by atoms with Gasteiger partial charge in [-0.05, 0) is 51.2 Å². The highest BCUT2D eigenvalue weighted by molar-refractivity contribution is 5.98. The fourth-order valence-electron chi connectivity index (χ4n) is 3.99. The maximum absolute atomic E-state index is 13.1. The standard InChI is InChI=1S/C28H46N10O6/c1-3-4-12-19(37-23(40)18-10-6-5-7-11-18)24(41)35-17(2)22(39)36-20(13-8-15-33-27(29)30)25(42)38-21(26(43)44)14-9-16-34-28(31)32/h5-7,10-11,17,19-21H,3-4,8-9,12-16H2,1-2H3,(H,35,41)(H,36,39)(H,37,40)(H,38,42)(H,43,44)(H4,29,30,33)(H4,31,32,34)/t17-,19-,20-,21-/m0/s1. The number of amides is 4. The van der Waals surface area contributed by atoms with Gasteiger partial charge in [-0.3, -0.25) is 29.2 Å². The summed E-state index contributed by atoms with van der Waals surface area (Å²) >= 11 is 0. The molecule has 0 radical (unpaired) electrons. The molecule has 0 aliphatic carbocycles. The molecule has 0 bridgehead atoms. The number of aliphatic imine (C=N–C) groups is 2. The number of carboxylic acids is 1. The van der Waals surface area contributed by atoms with Gasteiger partial charge < -0.3 is 49.3 Å². The van der Waals surface area contributed by atoms with E-state index < -0.39 is 53.8 Å². The average molecular weight is 619 g/mol. The molecule has 0 fully saturated rings. The van der Waals surface area contributed by atoms with Crippen LogP contribution in [0.3, 0.4) is 0 Å². The van der Waals surface area contributed by atoms with Gasteiger partial charge in [0.2, 0.25) is 17.7 Å². The second-order valence-electron chi connectivity index (χ2n) is 10.1. The van der Waals surface area contributed by atoms with Crippen LogP contribution in [0.4, 0.5) is 0 Å². The molecular formula is C28H46N10O6. The van der Waals surface area contributed by atoms with E-state index in [0.717, 1.165) is 6.42 Å². The van der Waals surface area contributed by atoms with Crippen LogP contribution in [0.5, 0.6) is 0 Å². The Balaban J connectivity index is 2.95. The van der Waals surface area contributed by atoms with Gasteiger partial charge in [0.1, 0.15) is 24.2 Å². The summed E-state index contributed by atoms with van der Waals surface area (Å²) in [5, 5.41) is 19.9. The van der Waals surface area contributed by atoms with E-state index in [1.165, 1.54) is 6.92 Å². The zero-order valence-electron chi connectivity index (χ0n) is 25.3. The third-order valence-corrected chi connectivity index (χ3v) is 6.39. The number of benzene rings is 1. The Hall–Kier alpha value is -4.89. The number of aliphatic carboxylic acids is 1. The molecule has 4 amide bonds. The Bertz CT molecular complexity index is 1150. The molecule has 1 aromatic carbocycles. The van der Waals surface area contributed by atoms with Gasteiger partial charge in [-0.1, -0.05) is 38.0 Å². The molecule has 16 heteroatoms. The van der Waals surface area contributed by atoms with Crippen LogP contribution in [0.1, 0.15) is 69.2 Å². The van der Waals surface area contributed by atoms with Crippen LogP contribution >= 0.6 is 0 Å². The zero-order valence-corrected chi connectivity index (χ0v) is 25.3. The number of nitrogens with one attached hydrogen (secondary N) is 4. The van der Waals surface area contributed by atoms with E-state index >= 15 is 0 Å². The molecule has 0 heterocycles. The van der Waals surface area contributed by atoms with Crippen molar-refractivity contribution in [3.63, 3.8) is 0 Å². The number of carboxylic acid groups (broad SMARTS) is 1. The summed E-state index contributed by atoms with van der Waals surface area (Å²) in [5.41, 5.74) is 21.7. The fraction of sp³-hybridized carbons (Fsp3) is 0.536. The van der Waals surface area contributed by atoms with Gasteiger partial charge in [0, 0.05) is 18.7 Å². The summed E-state index contributed by atoms with van der Waals surface area (Å²) in [6.07, 6.45) is 2.45. The molecule has 0 aliphatic rings. The predicted octanol–water partition coefficient (Wildman–Crippen LogP) is -1.36. The predicted molar refractivity (Wildman–Crippen MR) is 166 cm³/mol. The number of nitrogens with zero attached hydrogens (tertiary/aromatic N) is 2. The van der Waals surface area contributed by atoms with Crippen molar-refractivity contribution < 1.29 is 29.1 Å². The van der Waals surface area contributed by atoms with E-state index in [4.69, 9.17) is 22.9 Å². The molecule has 0 unspecified atom stereocenters. The van der Waals surface area contributed by atoms with Crippen molar-refractivity contribution in [2.75, 3.05) is 13.1 Å². The number of hydrogen-bond donors (Lipinski definition) is 9. The van der Waals surface area contributed by atoms with Gasteiger partial charge in [-0.25, -0.2) is 4.79 Å². The lowest BCUT2D eigenvalue weighted by molar-refractivity contribution is -0.142. The quantitative estimate of drug-likeness (QED) is 0.0470. The molecule has 1 aromatic rings. The van der Waals surface area contributed by atoms with E-state index in [1.54, 1.807) is 30.3 Å². The molecule has 0 spiro atoms. The summed E-state index contributed by atoms with van der Waals surface area (Å²) in [6.45, 7) is 3.71. The highest BCUT2D eigenvalue weighted by Crippen LogP contribution is 2.07. The van der Waals surface area contributed by atoms with Gasteiger partial charge in [-0.2, -0.15) is 0 Å². The van der Waals surface area contributed by atoms with Crippen molar-refractivity contribution >= 4 is 41.5 Å². The number of hydrogen-bond acceptors (Lipinski definition) is 7. The molecule has 4 atom stereocenters. The Morgan fingerprint density at radius 2 is 1.18 bits per heavy atom. The van der Waals surface area contributed by atoms with Crippen LogP contribution in [-0.2, 0) is 19.2 Å². The Labute approximate surface area is 256 Å². The van der Waals surface area contributed by atoms with Gasteiger partial charge in [0.25, 0.3) is 5.91 Å². The molecular weight excluding hydrogens is 572 g/mol. The normalized spacial score (nSPS) is 13.2. The average Bonchev–Trinajstić information content (AvgIpc) is 2.97. The topological polar surface area (TPSA) is 283 Å². The monoisotopic (exact) mass is 618 g/mol. The molecule has 0 aliphatic heterocycles. The third kappa shape index (κ3) is 14.8. The summed E-state index contributed by atoms with van der Waals surface area (Å²) in [6, 6.07) is 4.01. The lowest BCUT2D eigenvalue weighted by Crippen LogP contribution is -2.57. The molecule has 16 nitrogen and oxygen atoms in total. The molecule has 44 heavy (non-hydrogen) atoms. The lowest BCUT2D eigenvalue weighted by atomic mass is 10.1. The van der Waals surface area contributed by atoms with Crippen molar-refractivity contribution in [2.24, 2.45) is 32.9 Å². The maximum atomic E-state index is 13.1. The Kier molecular flexibility index (Phi) is 17.0. The summed E-state index contributed by atoms with van der Waals surface area (Å²) in [7, 11) is 0. The van der Waals surface area contributed by atoms with E-state index in [9.17, 15) is 29.1 Å². The van der Waals surface area contributed by atoms with Crippen LogP contribution in [-0.4, -0.2) is 83.9 Å². The molecule has 244 valence electrons. The van der Waals surface area contributed by atoms with Gasteiger partial charge in [0.15, 0.2) is 11.9 Å². The summed E-state index contributed by atoms with van der Waals surface area (Å²) < 4.78 is 0. The van der Waals surface area contributed by atoms with E-state index in [2.05, 4.69) is 31.3 Å². The summed E-state index contributed by atoms with van der Waals surface area (Å²) in [4.78, 5) is 71.4. The number of nitrogens with two attached hydrogens (primary N) is 4. The first kappa shape index (κ1) is 37.1. The van der Waals surface area contributed by atoms with Crippen molar-refractivity contribution in [1.82, 2.24) is 21.3 Å². The third-order valence-electron chi connectivity index (χ3n) is 6.39. The first-order chi connectivity index (χ1) is 20.8. The molecule has 1 rings (SSSR count). The largest absolute Gasteiger partial charge is 0.480 e. The van der Waals surface area contributed by atoms with Crippen molar-refractivity contribution in [2.45, 2.75) is 83.0 Å². The number of unbranched alkanes of at least 4 members (excludes halogenated alkanes) is 1. The molecule has 13 N–H and O–H groups in total. The van der Waals surface area contributed by atoms with E-state index in [0.29, 0.717) is 18.4 Å².